The molecule has 0 aromatic carbocycles. The molecule has 0 radical (unpaired) electrons. The van der Waals surface area contributed by atoms with Gasteiger partial charge in [-0.25, -0.2) is 7.94 Å². The first-order valence-electron chi connectivity index (χ1n) is 2.13. The van der Waals surface area contributed by atoms with E-state index in [0.29, 0.717) is 0 Å². The van der Waals surface area contributed by atoms with Gasteiger partial charge in [0.25, 0.3) is 0 Å². The summed E-state index contributed by atoms with van der Waals surface area (Å²) < 4.78 is 44.7. The Hall–Kier alpha value is 1.70. The quantitative estimate of drug-likeness (QED) is 0.361. The second-order valence-electron chi connectivity index (χ2n) is 1.45. The predicted molar refractivity (Wildman–Crippen MR) is 37.8 cm³/mol. The minimum atomic E-state index is -5.99. The van der Waals surface area contributed by atoms with Crippen molar-refractivity contribution in [2.24, 2.45) is 0 Å². The minimum Gasteiger partial charge on any atom is -0.789 e. The second kappa shape index (κ2) is 7.21. The molecule has 0 atom stereocenters. The van der Waals surface area contributed by atoms with Crippen LogP contribution in [0.5, 0.6) is 0 Å². The third kappa shape index (κ3) is 15.7. The fraction of sp³-hybridized carbons (Fsp3) is 0. The zero-order valence-corrected chi connectivity index (χ0v) is 12.2. The predicted octanol–water partition coefficient (Wildman–Crippen LogP) is -4.84. The minimum absolute atomic E-state index is 0. The number of phosphoric acid groups is 2. The molecule has 0 aromatic heterocycles. The van der Waals surface area contributed by atoms with Crippen molar-refractivity contribution < 1.29 is 45.1 Å². The van der Waals surface area contributed by atoms with E-state index >= 15 is 0 Å². The van der Waals surface area contributed by atoms with Gasteiger partial charge in [0.1, 0.15) is 0 Å². The molecule has 0 saturated heterocycles. The SMILES string of the molecule is O=P([O-])([O-])OS(=O)(=O)OP(=O)([O-])[O-].[Mg+2].[Mg+2]. The zero-order valence-electron chi connectivity index (χ0n) is 6.80. The Kier molecular flexibility index (Phi) is 10.5. The standard InChI is InChI=1S/2Mg.H4O10P2S/c;;1-11(2,3)9-13(7,8)10-12(4,5)6/h;;(H2,1,2,3)(H2,4,5,6)/q2*+2;/p-4. The van der Waals surface area contributed by atoms with Crippen LogP contribution in [0.1, 0.15) is 0 Å². The monoisotopic (exact) mass is 302 g/mol. The van der Waals surface area contributed by atoms with Crippen LogP contribution >= 0.6 is 15.6 Å². The molecule has 15 heteroatoms. The average Bonchev–Trinajstić information content (AvgIpc) is 1.43. The van der Waals surface area contributed by atoms with E-state index in [4.69, 9.17) is 0 Å². The van der Waals surface area contributed by atoms with Crippen LogP contribution in [0.15, 0.2) is 0 Å². The summed E-state index contributed by atoms with van der Waals surface area (Å²) in [4.78, 5) is 38.5. The van der Waals surface area contributed by atoms with Crippen molar-refractivity contribution in [3.63, 3.8) is 0 Å². The van der Waals surface area contributed by atoms with Gasteiger partial charge in [-0.05, 0) is 0 Å². The van der Waals surface area contributed by atoms with E-state index in [1.165, 1.54) is 0 Å². The van der Waals surface area contributed by atoms with E-state index < -0.39 is 26.0 Å². The van der Waals surface area contributed by atoms with Gasteiger partial charge in [-0.3, -0.25) is 0 Å². The van der Waals surface area contributed by atoms with Crippen LogP contribution in [0.25, 0.3) is 0 Å². The molecule has 15 heavy (non-hydrogen) atoms. The summed E-state index contributed by atoms with van der Waals surface area (Å²) in [6.07, 6.45) is 0. The van der Waals surface area contributed by atoms with Crippen LogP contribution in [0.4, 0.5) is 0 Å². The fourth-order valence-electron chi connectivity index (χ4n) is 0.237. The van der Waals surface area contributed by atoms with Gasteiger partial charge in [-0.2, -0.15) is 8.42 Å². The second-order valence-corrected chi connectivity index (χ2v) is 5.25. The molecule has 0 N–H and O–H groups in total. The van der Waals surface area contributed by atoms with Crippen molar-refractivity contribution in [3.05, 3.63) is 0 Å². The molecule has 80 valence electrons. The molecule has 0 saturated carbocycles. The molecule has 0 aliphatic heterocycles. The summed E-state index contributed by atoms with van der Waals surface area (Å²) in [7, 11) is -17.6. The number of hydrogen-bond acceptors (Lipinski definition) is 10. The Morgan fingerprint density at radius 2 is 1.00 bits per heavy atom. The smallest absolute Gasteiger partial charge is 0.789 e. The van der Waals surface area contributed by atoms with Crippen LogP contribution in [0.3, 0.4) is 0 Å². The van der Waals surface area contributed by atoms with Crippen LogP contribution in [-0.2, 0) is 27.5 Å². The number of hydrogen-bond donors (Lipinski definition) is 0. The largest absolute Gasteiger partial charge is 2.00 e. The van der Waals surface area contributed by atoms with Crippen molar-refractivity contribution >= 4 is 72.1 Å². The molecule has 0 bridgehead atoms. The van der Waals surface area contributed by atoms with Crippen LogP contribution in [0.2, 0.25) is 0 Å². The molecule has 0 spiro atoms. The van der Waals surface area contributed by atoms with E-state index in [1.54, 1.807) is 0 Å². The third-order valence-electron chi connectivity index (χ3n) is 0.365. The van der Waals surface area contributed by atoms with E-state index in [-0.39, 0.29) is 46.1 Å². The molecule has 0 aliphatic carbocycles. The maximum Gasteiger partial charge on any atom is 2.00 e. The van der Waals surface area contributed by atoms with Gasteiger partial charge < -0.3 is 28.7 Å². The molecular weight excluding hydrogens is 303 g/mol. The normalized spacial score (nSPS) is 12.5. The van der Waals surface area contributed by atoms with Crippen molar-refractivity contribution in [1.29, 1.82) is 0 Å². The topological polar surface area (TPSA) is 179 Å². The summed E-state index contributed by atoms with van der Waals surface area (Å²) in [5, 5.41) is 0. The maximum absolute atomic E-state index is 10.1. The first-order valence-corrected chi connectivity index (χ1v) is 6.38. The van der Waals surface area contributed by atoms with Crippen molar-refractivity contribution in [2.45, 2.75) is 0 Å². The van der Waals surface area contributed by atoms with E-state index in [9.17, 15) is 37.1 Å². The van der Waals surface area contributed by atoms with Gasteiger partial charge in [0.2, 0.25) is 0 Å². The summed E-state index contributed by atoms with van der Waals surface area (Å²) in [6.45, 7) is 0. The van der Waals surface area contributed by atoms with E-state index in [0.717, 1.165) is 0 Å². The molecule has 0 fully saturated rings. The van der Waals surface area contributed by atoms with E-state index in [1.807, 2.05) is 0 Å². The molecule has 0 aliphatic rings. The van der Waals surface area contributed by atoms with Gasteiger partial charge >= 0.3 is 56.5 Å². The Morgan fingerprint density at radius 1 is 0.800 bits per heavy atom. The Labute approximate surface area is 116 Å². The zero-order chi connectivity index (χ0) is 10.9. The van der Waals surface area contributed by atoms with Crippen molar-refractivity contribution in [1.82, 2.24) is 0 Å². The molecule has 0 aromatic rings. The van der Waals surface area contributed by atoms with Crippen LogP contribution in [0, 0.1) is 0 Å². The molecule has 0 amide bonds. The van der Waals surface area contributed by atoms with Crippen molar-refractivity contribution in [2.75, 3.05) is 0 Å². The van der Waals surface area contributed by atoms with Gasteiger partial charge in [-0.1, -0.05) is 0 Å². The third-order valence-corrected chi connectivity index (χ3v) is 3.29. The van der Waals surface area contributed by atoms with Gasteiger partial charge in [0, 0.05) is 0 Å². The average molecular weight is 303 g/mol. The molecule has 0 unspecified atom stereocenters. The van der Waals surface area contributed by atoms with Gasteiger partial charge in [0.05, 0.1) is 15.6 Å². The Bertz CT molecular complexity index is 327. The molecule has 0 heterocycles. The first-order chi connectivity index (χ1) is 5.41. The Balaban J connectivity index is -0.000000720. The van der Waals surface area contributed by atoms with Crippen LogP contribution < -0.4 is 19.6 Å². The Morgan fingerprint density at radius 3 is 1.13 bits per heavy atom. The molecule has 0 rings (SSSR count). The summed E-state index contributed by atoms with van der Waals surface area (Å²) in [6, 6.07) is 0. The molecule has 10 nitrogen and oxygen atoms in total. The van der Waals surface area contributed by atoms with Crippen molar-refractivity contribution in [3.8, 4) is 0 Å². The van der Waals surface area contributed by atoms with Crippen LogP contribution in [-0.4, -0.2) is 54.5 Å². The fourth-order valence-corrected chi connectivity index (χ4v) is 2.38. The summed E-state index contributed by atoms with van der Waals surface area (Å²) in [5.41, 5.74) is 0. The van der Waals surface area contributed by atoms with Gasteiger partial charge in [-0.15, -0.1) is 0 Å². The first kappa shape index (κ1) is 21.9. The van der Waals surface area contributed by atoms with E-state index in [2.05, 4.69) is 7.94 Å². The number of rotatable bonds is 4. The summed E-state index contributed by atoms with van der Waals surface area (Å²) in [5.74, 6) is 0. The van der Waals surface area contributed by atoms with Gasteiger partial charge in [0.15, 0.2) is 0 Å². The summed E-state index contributed by atoms with van der Waals surface area (Å²) >= 11 is 0. The maximum atomic E-state index is 10.1. The molecular formula is Mg2O10P2S.